The highest BCUT2D eigenvalue weighted by atomic mass is 32.2. The number of carbonyl (C=O) groups excluding carboxylic acids is 1. The molecule has 8 heteroatoms. The number of nitrogens with two attached hydrogens (primary N) is 1. The molecular weight excluding hydrogens is 392 g/mol. The molecule has 0 aliphatic carbocycles. The van der Waals surface area contributed by atoms with Gasteiger partial charge in [-0.15, -0.1) is 0 Å². The van der Waals surface area contributed by atoms with Crippen molar-refractivity contribution >= 4 is 15.9 Å². The number of sulfonamides is 1. The van der Waals surface area contributed by atoms with Gasteiger partial charge in [-0.3, -0.25) is 4.79 Å². The van der Waals surface area contributed by atoms with Crippen LogP contribution < -0.4 is 19.9 Å². The second-order valence-corrected chi connectivity index (χ2v) is 8.81. The van der Waals surface area contributed by atoms with Crippen molar-refractivity contribution < 1.29 is 22.7 Å². The monoisotopic (exact) mass is 418 g/mol. The number of rotatable bonds is 6. The van der Waals surface area contributed by atoms with Crippen molar-refractivity contribution in [3.8, 4) is 11.5 Å². The summed E-state index contributed by atoms with van der Waals surface area (Å²) < 4.78 is 35.2. The Morgan fingerprint density at radius 1 is 1.28 bits per heavy atom. The van der Waals surface area contributed by atoms with Crippen LogP contribution in [-0.2, 0) is 23.0 Å². The molecule has 0 fully saturated rings. The number of aryl methyl sites for hydroxylation is 1. The highest BCUT2D eigenvalue weighted by Gasteiger charge is 2.22. The smallest absolute Gasteiger partial charge is 0.251 e. The zero-order valence-corrected chi connectivity index (χ0v) is 17.9. The number of nitrogens with one attached hydrogen (secondary N) is 1. The first-order valence-electron chi connectivity index (χ1n) is 9.47. The first-order chi connectivity index (χ1) is 13.6. The van der Waals surface area contributed by atoms with Crippen LogP contribution in [0.15, 0.2) is 29.2 Å². The minimum Gasteiger partial charge on any atom is -0.494 e. The van der Waals surface area contributed by atoms with Crippen LogP contribution in [0.2, 0.25) is 0 Å². The number of amides is 1. The van der Waals surface area contributed by atoms with Gasteiger partial charge >= 0.3 is 0 Å². The molecule has 1 aliphatic heterocycles. The highest BCUT2D eigenvalue weighted by molar-refractivity contribution is 7.89. The van der Waals surface area contributed by atoms with Crippen molar-refractivity contribution in [3.05, 3.63) is 52.1 Å². The van der Waals surface area contributed by atoms with E-state index in [1.165, 1.54) is 6.07 Å². The first kappa shape index (κ1) is 21.1. The van der Waals surface area contributed by atoms with Crippen molar-refractivity contribution in [1.82, 2.24) is 5.32 Å². The first-order valence-corrected chi connectivity index (χ1v) is 11.0. The number of primary sulfonamides is 1. The number of hydrogen-bond donors (Lipinski definition) is 2. The number of benzene rings is 2. The molecule has 1 atom stereocenters. The number of hydrogen-bond acceptors (Lipinski definition) is 5. The van der Waals surface area contributed by atoms with Crippen LogP contribution in [0.4, 0.5) is 0 Å². The summed E-state index contributed by atoms with van der Waals surface area (Å²) in [4.78, 5) is 12.7. The Hall–Kier alpha value is -2.58. The van der Waals surface area contributed by atoms with E-state index in [2.05, 4.69) is 5.32 Å². The Balaban J connectivity index is 1.85. The lowest BCUT2D eigenvalue weighted by Crippen LogP contribution is -2.24. The zero-order valence-electron chi connectivity index (χ0n) is 17.0. The maximum absolute atomic E-state index is 12.7. The van der Waals surface area contributed by atoms with Gasteiger partial charge in [-0.25, -0.2) is 13.6 Å². The maximum atomic E-state index is 12.7. The van der Waals surface area contributed by atoms with Crippen LogP contribution in [0.1, 0.15) is 46.5 Å². The van der Waals surface area contributed by atoms with Crippen molar-refractivity contribution in [3.63, 3.8) is 0 Å². The summed E-state index contributed by atoms with van der Waals surface area (Å²) in [6.07, 6.45) is 0.928. The molecule has 3 N–H and O–H groups in total. The molecule has 156 valence electrons. The molecule has 29 heavy (non-hydrogen) atoms. The third-order valence-corrected chi connectivity index (χ3v) is 6.04. The summed E-state index contributed by atoms with van der Waals surface area (Å²) in [6.45, 7) is 8.04. The summed E-state index contributed by atoms with van der Waals surface area (Å²) in [6, 6.07) is 6.81. The van der Waals surface area contributed by atoms with Crippen LogP contribution >= 0.6 is 0 Å². The van der Waals surface area contributed by atoms with Gasteiger partial charge in [0, 0.05) is 29.7 Å². The fourth-order valence-corrected chi connectivity index (χ4v) is 4.32. The quantitative estimate of drug-likeness (QED) is 0.750. The zero-order chi connectivity index (χ0) is 21.3. The van der Waals surface area contributed by atoms with Gasteiger partial charge < -0.3 is 14.8 Å². The van der Waals surface area contributed by atoms with Crippen LogP contribution in [0.3, 0.4) is 0 Å². The lowest BCUT2D eigenvalue weighted by molar-refractivity contribution is 0.0950. The van der Waals surface area contributed by atoms with Crippen LogP contribution in [0.5, 0.6) is 11.5 Å². The fourth-order valence-electron chi connectivity index (χ4n) is 3.44. The molecule has 2 aromatic rings. The number of carbonyl (C=O) groups is 1. The molecule has 0 spiro atoms. The average molecular weight is 419 g/mol. The van der Waals surface area contributed by atoms with E-state index in [1.807, 2.05) is 26.0 Å². The van der Waals surface area contributed by atoms with Gasteiger partial charge in [0.05, 0.1) is 11.5 Å². The number of fused-ring (bicyclic) bond motifs is 1. The minimum atomic E-state index is -3.92. The number of ether oxygens (including phenoxy) is 2. The predicted molar refractivity (Wildman–Crippen MR) is 110 cm³/mol. The normalized spacial score (nSPS) is 15.6. The molecule has 3 rings (SSSR count). The summed E-state index contributed by atoms with van der Waals surface area (Å²) in [5.41, 5.74) is 3.33. The fraction of sp³-hybridized carbons (Fsp3) is 0.381. The van der Waals surface area contributed by atoms with Gasteiger partial charge in [0.1, 0.15) is 17.6 Å². The Bertz CT molecular complexity index is 1060. The summed E-state index contributed by atoms with van der Waals surface area (Å²) in [5, 5.41) is 8.12. The Kier molecular flexibility index (Phi) is 5.86. The molecule has 0 saturated heterocycles. The van der Waals surface area contributed by atoms with E-state index in [1.54, 1.807) is 19.9 Å². The average Bonchev–Trinajstić information content (AvgIpc) is 2.99. The third kappa shape index (κ3) is 4.54. The minimum absolute atomic E-state index is 0.0439. The molecule has 0 radical (unpaired) electrons. The van der Waals surface area contributed by atoms with Crippen molar-refractivity contribution in [1.29, 1.82) is 0 Å². The standard InChI is InChI=1S/C21H26N2O5S/c1-5-27-18-8-15-7-13(3)28-19(15)9-17(18)11-23-21(24)16-6-12(2)14(4)20(10-16)29(22,25)26/h6,8-10,13H,5,7,11H2,1-4H3,(H,23,24)(H2,22,25,26)/t13-/m0/s1. The van der Waals surface area contributed by atoms with Gasteiger partial charge in [-0.05, 0) is 63.1 Å². The SMILES string of the molecule is CCOc1cc2c(cc1CNC(=O)c1cc(C)c(C)c(S(N)(=O)=O)c1)O[C@@H](C)C2. The van der Waals surface area contributed by atoms with Crippen LogP contribution in [0.25, 0.3) is 0 Å². The van der Waals surface area contributed by atoms with Crippen LogP contribution in [-0.4, -0.2) is 27.0 Å². The van der Waals surface area contributed by atoms with Gasteiger partial charge in [0.25, 0.3) is 5.91 Å². The lowest BCUT2D eigenvalue weighted by Gasteiger charge is -2.14. The second-order valence-electron chi connectivity index (χ2n) is 7.28. The molecule has 7 nitrogen and oxygen atoms in total. The maximum Gasteiger partial charge on any atom is 0.251 e. The lowest BCUT2D eigenvalue weighted by atomic mass is 10.0. The summed E-state index contributed by atoms with van der Waals surface area (Å²) in [7, 11) is -3.92. The van der Waals surface area contributed by atoms with E-state index < -0.39 is 15.9 Å². The van der Waals surface area contributed by atoms with E-state index in [-0.39, 0.29) is 23.1 Å². The second kappa shape index (κ2) is 8.04. The van der Waals surface area contributed by atoms with E-state index in [4.69, 9.17) is 14.6 Å². The van der Waals surface area contributed by atoms with Crippen LogP contribution in [0, 0.1) is 13.8 Å². The predicted octanol–water partition coefficient (Wildman–Crippen LogP) is 2.60. The molecule has 1 amide bonds. The molecule has 0 aromatic heterocycles. The van der Waals surface area contributed by atoms with Gasteiger partial charge in [0.15, 0.2) is 0 Å². The largest absolute Gasteiger partial charge is 0.494 e. The van der Waals surface area contributed by atoms with Crippen molar-refractivity contribution in [2.45, 2.75) is 51.7 Å². The molecule has 0 unspecified atom stereocenters. The summed E-state index contributed by atoms with van der Waals surface area (Å²) in [5.74, 6) is 1.11. The Morgan fingerprint density at radius 2 is 2.00 bits per heavy atom. The van der Waals surface area contributed by atoms with Gasteiger partial charge in [-0.1, -0.05) is 0 Å². The van der Waals surface area contributed by atoms with Crippen molar-refractivity contribution in [2.75, 3.05) is 6.61 Å². The summed E-state index contributed by atoms with van der Waals surface area (Å²) >= 11 is 0. The molecule has 1 heterocycles. The van der Waals surface area contributed by atoms with E-state index in [0.29, 0.717) is 23.5 Å². The van der Waals surface area contributed by atoms with Gasteiger partial charge in [0.2, 0.25) is 10.0 Å². The third-order valence-electron chi connectivity index (χ3n) is 5.01. The molecule has 1 aliphatic rings. The molecular formula is C21H26N2O5S. The Morgan fingerprint density at radius 3 is 2.66 bits per heavy atom. The molecule has 0 saturated carbocycles. The van der Waals surface area contributed by atoms with E-state index in [9.17, 15) is 13.2 Å². The Labute approximate surface area is 171 Å². The topological polar surface area (TPSA) is 108 Å². The van der Waals surface area contributed by atoms with E-state index >= 15 is 0 Å². The highest BCUT2D eigenvalue weighted by Crippen LogP contribution is 2.35. The molecule has 0 bridgehead atoms. The molecule has 2 aromatic carbocycles. The van der Waals surface area contributed by atoms with Gasteiger partial charge in [-0.2, -0.15) is 0 Å². The van der Waals surface area contributed by atoms with E-state index in [0.717, 1.165) is 23.3 Å². The van der Waals surface area contributed by atoms with Crippen molar-refractivity contribution in [2.24, 2.45) is 5.14 Å².